The van der Waals surface area contributed by atoms with E-state index in [0.29, 0.717) is 19.3 Å². The molecule has 0 saturated heterocycles. The molecule has 0 radical (unpaired) electrons. The molecule has 1 unspecified atom stereocenters. The topological polar surface area (TPSA) is 98.9 Å². The first-order valence-electron chi connectivity index (χ1n) is 15.9. The lowest BCUT2D eigenvalue weighted by Gasteiger charge is -2.25. The zero-order valence-electron chi connectivity index (χ0n) is 25.4. The van der Waals surface area contributed by atoms with Crippen LogP contribution in [0.4, 0.5) is 0 Å². The van der Waals surface area contributed by atoms with E-state index in [1.807, 2.05) is 30.3 Å². The van der Waals surface area contributed by atoms with Gasteiger partial charge in [-0.25, -0.2) is 0 Å². The van der Waals surface area contributed by atoms with Gasteiger partial charge in [-0.1, -0.05) is 121 Å². The van der Waals surface area contributed by atoms with E-state index in [0.717, 1.165) is 44.1 Å². The zero-order chi connectivity index (χ0) is 29.3. The number of amides is 1. The van der Waals surface area contributed by atoms with Gasteiger partial charge in [-0.2, -0.15) is 0 Å². The minimum absolute atomic E-state index is 0.102. The summed E-state index contributed by atoms with van der Waals surface area (Å²) in [5.41, 5.74) is 7.23. The van der Waals surface area contributed by atoms with E-state index in [4.69, 9.17) is 15.2 Å². The van der Waals surface area contributed by atoms with Gasteiger partial charge in [-0.05, 0) is 24.8 Å². The summed E-state index contributed by atoms with van der Waals surface area (Å²) < 4.78 is 10.8. The van der Waals surface area contributed by atoms with Crippen LogP contribution in [0, 0.1) is 0 Å². The summed E-state index contributed by atoms with van der Waals surface area (Å²) in [7, 11) is 0. The number of hydrogen-bond donors (Lipinski definition) is 1. The fraction of sp³-hybridized carbons (Fsp3) is 0.727. The average Bonchev–Trinajstić information content (AvgIpc) is 2.95. The predicted molar refractivity (Wildman–Crippen MR) is 162 cm³/mol. The Morgan fingerprint density at radius 3 is 1.55 bits per heavy atom. The first-order valence-corrected chi connectivity index (χ1v) is 15.9. The Balaban J connectivity index is 2.43. The molecule has 0 spiro atoms. The van der Waals surface area contributed by atoms with Crippen LogP contribution in [-0.2, 0) is 30.3 Å². The van der Waals surface area contributed by atoms with Gasteiger partial charge >= 0.3 is 11.9 Å². The highest BCUT2D eigenvalue weighted by atomic mass is 16.5. The number of unbranched alkanes of at least 4 members (excludes halogenated alkanes) is 12. The summed E-state index contributed by atoms with van der Waals surface area (Å²) in [5.74, 6) is -0.721. The number of carbonyl (C=O) groups is 3. The van der Waals surface area contributed by atoms with Gasteiger partial charge in [0.05, 0.1) is 19.1 Å². The molecule has 7 nitrogen and oxygen atoms in total. The molecular weight excluding hydrogens is 504 g/mol. The molecule has 0 aliphatic carbocycles. The molecular formula is C33H56N2O5. The highest BCUT2D eigenvalue weighted by Gasteiger charge is 2.22. The van der Waals surface area contributed by atoms with Gasteiger partial charge in [0, 0.05) is 12.8 Å². The highest BCUT2D eigenvalue weighted by Crippen LogP contribution is 2.11. The van der Waals surface area contributed by atoms with Crippen molar-refractivity contribution in [2.45, 2.75) is 129 Å². The van der Waals surface area contributed by atoms with Crippen molar-refractivity contribution in [3.05, 3.63) is 35.9 Å². The molecule has 40 heavy (non-hydrogen) atoms. The van der Waals surface area contributed by atoms with E-state index in [-0.39, 0.29) is 44.1 Å². The highest BCUT2D eigenvalue weighted by molar-refractivity contribution is 5.82. The first kappa shape index (κ1) is 35.6. The lowest BCUT2D eigenvalue weighted by molar-refractivity contribution is -0.148. The van der Waals surface area contributed by atoms with Crippen LogP contribution in [0.15, 0.2) is 30.3 Å². The normalized spacial score (nSPS) is 11.7. The van der Waals surface area contributed by atoms with Gasteiger partial charge in [-0.15, -0.1) is 0 Å². The van der Waals surface area contributed by atoms with Gasteiger partial charge in [0.2, 0.25) is 5.91 Å². The summed E-state index contributed by atoms with van der Waals surface area (Å²) in [6, 6.07) is 8.90. The van der Waals surface area contributed by atoms with Crippen molar-refractivity contribution < 1.29 is 23.9 Å². The number of carbonyl (C=O) groups excluding carboxylic acids is 3. The average molecular weight is 561 g/mol. The van der Waals surface area contributed by atoms with Crippen molar-refractivity contribution in [2.75, 3.05) is 26.3 Å². The Hall–Kier alpha value is -2.41. The summed E-state index contributed by atoms with van der Waals surface area (Å²) in [6.07, 6.45) is 17.1. The predicted octanol–water partition coefficient (Wildman–Crippen LogP) is 6.75. The van der Waals surface area contributed by atoms with Crippen LogP contribution >= 0.6 is 0 Å². The first-order chi connectivity index (χ1) is 19.5. The van der Waals surface area contributed by atoms with E-state index in [2.05, 4.69) is 13.8 Å². The zero-order valence-corrected chi connectivity index (χ0v) is 25.4. The lowest BCUT2D eigenvalue weighted by Crippen LogP contribution is -2.47. The van der Waals surface area contributed by atoms with Gasteiger partial charge in [0.25, 0.3) is 0 Å². The summed E-state index contributed by atoms with van der Waals surface area (Å²) in [5, 5.41) is 0. The SMILES string of the molecule is CCCCCCCCCC(=O)OCCN(CCOC(=O)CCCCCCCCC)C(=O)C(N)Cc1ccccc1. The maximum absolute atomic E-state index is 13.2. The number of benzene rings is 1. The minimum atomic E-state index is -0.728. The summed E-state index contributed by atoms with van der Waals surface area (Å²) in [4.78, 5) is 39.1. The molecule has 228 valence electrons. The maximum atomic E-state index is 13.2. The molecule has 0 heterocycles. The maximum Gasteiger partial charge on any atom is 0.305 e. The minimum Gasteiger partial charge on any atom is -0.464 e. The van der Waals surface area contributed by atoms with E-state index >= 15 is 0 Å². The van der Waals surface area contributed by atoms with Crippen LogP contribution in [0.3, 0.4) is 0 Å². The quantitative estimate of drug-likeness (QED) is 0.105. The third-order valence-corrected chi connectivity index (χ3v) is 7.14. The van der Waals surface area contributed by atoms with Gasteiger partial charge in [0.1, 0.15) is 13.2 Å². The monoisotopic (exact) mass is 560 g/mol. The Bertz CT molecular complexity index is 750. The number of nitrogens with zero attached hydrogens (tertiary/aromatic N) is 1. The van der Waals surface area contributed by atoms with Crippen LogP contribution < -0.4 is 5.73 Å². The summed E-state index contributed by atoms with van der Waals surface area (Å²) in [6.45, 7) is 5.05. The van der Waals surface area contributed by atoms with Crippen molar-refractivity contribution in [1.29, 1.82) is 0 Å². The Morgan fingerprint density at radius 2 is 1.10 bits per heavy atom. The molecule has 1 amide bonds. The van der Waals surface area contributed by atoms with Crippen LogP contribution in [0.25, 0.3) is 0 Å². The molecule has 0 aromatic heterocycles. The molecule has 1 aromatic carbocycles. The van der Waals surface area contributed by atoms with Crippen molar-refractivity contribution in [2.24, 2.45) is 5.73 Å². The Labute approximate surface area is 243 Å². The molecule has 2 N–H and O–H groups in total. The van der Waals surface area contributed by atoms with Gasteiger partial charge < -0.3 is 20.1 Å². The van der Waals surface area contributed by atoms with Crippen molar-refractivity contribution in [3.63, 3.8) is 0 Å². The van der Waals surface area contributed by atoms with E-state index in [9.17, 15) is 14.4 Å². The Morgan fingerprint density at radius 1 is 0.675 bits per heavy atom. The smallest absolute Gasteiger partial charge is 0.305 e. The van der Waals surface area contributed by atoms with Crippen LogP contribution in [0.1, 0.15) is 122 Å². The van der Waals surface area contributed by atoms with Crippen molar-refractivity contribution in [1.82, 2.24) is 4.90 Å². The molecule has 1 atom stereocenters. The van der Waals surface area contributed by atoms with Crippen LogP contribution in [-0.4, -0.2) is 55.1 Å². The van der Waals surface area contributed by atoms with E-state index in [1.54, 1.807) is 4.90 Å². The molecule has 0 saturated carbocycles. The molecule has 0 bridgehead atoms. The number of ether oxygens (including phenoxy) is 2. The lowest BCUT2D eigenvalue weighted by atomic mass is 10.1. The third kappa shape index (κ3) is 18.8. The summed E-state index contributed by atoms with van der Waals surface area (Å²) >= 11 is 0. The van der Waals surface area contributed by atoms with Crippen LogP contribution in [0.2, 0.25) is 0 Å². The fourth-order valence-electron chi connectivity index (χ4n) is 4.66. The standard InChI is InChI=1S/C33H56N2O5/c1-3-5-7-9-11-13-18-22-31(36)39-26-24-35(33(38)30(34)28-29-20-16-15-17-21-29)25-27-40-32(37)23-19-14-12-10-8-6-4-2/h15-17,20-21,30H,3-14,18-19,22-28,34H2,1-2H3. The fourth-order valence-corrected chi connectivity index (χ4v) is 4.66. The number of hydrogen-bond acceptors (Lipinski definition) is 6. The second kappa shape index (κ2) is 24.4. The van der Waals surface area contributed by atoms with Crippen LogP contribution in [0.5, 0.6) is 0 Å². The molecule has 0 aliphatic rings. The largest absolute Gasteiger partial charge is 0.464 e. The van der Waals surface area contributed by atoms with Gasteiger partial charge in [0.15, 0.2) is 0 Å². The van der Waals surface area contributed by atoms with Crippen molar-refractivity contribution >= 4 is 17.8 Å². The second-order valence-corrected chi connectivity index (χ2v) is 10.8. The molecule has 1 aromatic rings. The van der Waals surface area contributed by atoms with Gasteiger partial charge in [-0.3, -0.25) is 14.4 Å². The van der Waals surface area contributed by atoms with Crippen molar-refractivity contribution in [3.8, 4) is 0 Å². The number of nitrogens with two attached hydrogens (primary N) is 1. The van der Waals surface area contributed by atoms with E-state index < -0.39 is 6.04 Å². The van der Waals surface area contributed by atoms with E-state index in [1.165, 1.54) is 51.4 Å². The molecule has 7 heteroatoms. The third-order valence-electron chi connectivity index (χ3n) is 7.14. The number of esters is 2. The molecule has 0 aliphatic heterocycles. The molecule has 1 rings (SSSR count). The number of rotatable bonds is 25. The Kier molecular flexibility index (Phi) is 21.7. The second-order valence-electron chi connectivity index (χ2n) is 10.8. The molecule has 0 fully saturated rings.